The molecule has 5 nitrogen and oxygen atoms in total. The third kappa shape index (κ3) is 5.19. The summed E-state index contributed by atoms with van der Waals surface area (Å²) >= 11 is 5.74. The average Bonchev–Trinajstić information content (AvgIpc) is 2.52. The predicted molar refractivity (Wildman–Crippen MR) is 84.2 cm³/mol. The summed E-state index contributed by atoms with van der Waals surface area (Å²) in [5.41, 5.74) is 0.896. The van der Waals surface area contributed by atoms with Crippen molar-refractivity contribution in [3.05, 3.63) is 58.6 Å². The van der Waals surface area contributed by atoms with Crippen molar-refractivity contribution in [3.63, 3.8) is 0 Å². The smallest absolute Gasteiger partial charge is 0.253 e. The van der Waals surface area contributed by atoms with E-state index >= 15 is 0 Å². The third-order valence-corrected chi connectivity index (χ3v) is 3.26. The van der Waals surface area contributed by atoms with E-state index in [2.05, 4.69) is 10.3 Å². The fourth-order valence-electron chi connectivity index (χ4n) is 1.86. The van der Waals surface area contributed by atoms with Gasteiger partial charge in [-0.05, 0) is 43.3 Å². The Kier molecular flexibility index (Phi) is 5.90. The summed E-state index contributed by atoms with van der Waals surface area (Å²) < 4.78 is 18.1. The molecule has 0 bridgehead atoms. The maximum Gasteiger partial charge on any atom is 0.253 e. The molecule has 23 heavy (non-hydrogen) atoms. The van der Waals surface area contributed by atoms with Crippen LogP contribution in [0.4, 0.5) is 4.39 Å². The van der Waals surface area contributed by atoms with E-state index in [0.29, 0.717) is 22.2 Å². The number of rotatable bonds is 6. The van der Waals surface area contributed by atoms with Crippen molar-refractivity contribution in [2.24, 2.45) is 0 Å². The van der Waals surface area contributed by atoms with E-state index in [-0.39, 0.29) is 24.9 Å². The van der Waals surface area contributed by atoms with Crippen LogP contribution in [0.5, 0.6) is 5.75 Å². The molecule has 0 fully saturated rings. The Labute approximate surface area is 138 Å². The van der Waals surface area contributed by atoms with Crippen LogP contribution in [-0.4, -0.2) is 35.3 Å². The van der Waals surface area contributed by atoms with Crippen molar-refractivity contribution in [2.75, 3.05) is 13.2 Å². The van der Waals surface area contributed by atoms with Crippen LogP contribution in [0.2, 0.25) is 5.15 Å². The van der Waals surface area contributed by atoms with E-state index in [1.807, 2.05) is 0 Å². The van der Waals surface area contributed by atoms with Gasteiger partial charge in [0.05, 0.1) is 11.3 Å². The average molecular weight is 339 g/mol. The molecular formula is C16H16ClFN2O3. The Balaban J connectivity index is 1.80. The number of ether oxygens (including phenoxy) is 1. The summed E-state index contributed by atoms with van der Waals surface area (Å²) in [7, 11) is 0. The van der Waals surface area contributed by atoms with Crippen LogP contribution in [0.25, 0.3) is 0 Å². The number of benzene rings is 1. The van der Waals surface area contributed by atoms with Crippen LogP contribution in [0.3, 0.4) is 0 Å². The molecule has 0 aliphatic heterocycles. The van der Waals surface area contributed by atoms with Gasteiger partial charge < -0.3 is 15.2 Å². The largest absolute Gasteiger partial charge is 0.491 e. The lowest BCUT2D eigenvalue weighted by Gasteiger charge is -2.14. The molecule has 2 N–H and O–H groups in total. The maximum absolute atomic E-state index is 12.7. The molecule has 1 aromatic heterocycles. The second-order valence-electron chi connectivity index (χ2n) is 4.90. The van der Waals surface area contributed by atoms with E-state index < -0.39 is 6.10 Å². The highest BCUT2D eigenvalue weighted by molar-refractivity contribution is 6.29. The SMILES string of the molecule is Cc1nc(Cl)ccc1C(=O)NCC(O)COc1ccc(F)cc1. The van der Waals surface area contributed by atoms with Crippen LogP contribution in [-0.2, 0) is 0 Å². The zero-order valence-corrected chi connectivity index (χ0v) is 13.2. The van der Waals surface area contributed by atoms with Gasteiger partial charge >= 0.3 is 0 Å². The number of aryl methyl sites for hydroxylation is 1. The van der Waals surface area contributed by atoms with E-state index in [0.717, 1.165) is 0 Å². The van der Waals surface area contributed by atoms with Gasteiger partial charge in [-0.2, -0.15) is 0 Å². The second-order valence-corrected chi connectivity index (χ2v) is 5.28. The Morgan fingerprint density at radius 2 is 2.04 bits per heavy atom. The molecule has 0 saturated carbocycles. The molecule has 2 aromatic rings. The number of hydrogen-bond donors (Lipinski definition) is 2. The Morgan fingerprint density at radius 3 is 2.70 bits per heavy atom. The van der Waals surface area contributed by atoms with Crippen molar-refractivity contribution in [3.8, 4) is 5.75 Å². The molecule has 1 unspecified atom stereocenters. The quantitative estimate of drug-likeness (QED) is 0.793. The monoisotopic (exact) mass is 338 g/mol. The molecule has 1 atom stereocenters. The summed E-state index contributed by atoms with van der Waals surface area (Å²) in [4.78, 5) is 16.0. The molecule has 0 spiro atoms. The fraction of sp³-hybridized carbons (Fsp3) is 0.250. The molecular weight excluding hydrogens is 323 g/mol. The number of halogens is 2. The number of aliphatic hydroxyl groups excluding tert-OH is 1. The number of aromatic nitrogens is 1. The summed E-state index contributed by atoms with van der Waals surface area (Å²) in [6.07, 6.45) is -0.899. The molecule has 0 radical (unpaired) electrons. The highest BCUT2D eigenvalue weighted by Crippen LogP contribution is 2.12. The van der Waals surface area contributed by atoms with Crippen LogP contribution >= 0.6 is 11.6 Å². The molecule has 0 aliphatic rings. The number of carbonyl (C=O) groups is 1. The number of pyridine rings is 1. The molecule has 0 saturated heterocycles. The van der Waals surface area contributed by atoms with Crippen molar-refractivity contribution >= 4 is 17.5 Å². The molecule has 0 aliphatic carbocycles. The van der Waals surface area contributed by atoms with Crippen LogP contribution in [0.1, 0.15) is 16.1 Å². The lowest BCUT2D eigenvalue weighted by molar-refractivity contribution is 0.0843. The first-order valence-electron chi connectivity index (χ1n) is 6.93. The van der Waals surface area contributed by atoms with Gasteiger partial charge in [0.15, 0.2) is 0 Å². The lowest BCUT2D eigenvalue weighted by atomic mass is 10.2. The molecule has 7 heteroatoms. The van der Waals surface area contributed by atoms with Crippen molar-refractivity contribution in [1.82, 2.24) is 10.3 Å². The summed E-state index contributed by atoms with van der Waals surface area (Å²) in [6.45, 7) is 1.67. The Morgan fingerprint density at radius 1 is 1.35 bits per heavy atom. The molecule has 1 aromatic carbocycles. The molecule has 2 rings (SSSR count). The lowest BCUT2D eigenvalue weighted by Crippen LogP contribution is -2.35. The van der Waals surface area contributed by atoms with Gasteiger partial charge in [0.1, 0.15) is 29.4 Å². The van der Waals surface area contributed by atoms with Crippen LogP contribution in [0.15, 0.2) is 36.4 Å². The Hall–Kier alpha value is -2.18. The number of nitrogens with zero attached hydrogens (tertiary/aromatic N) is 1. The van der Waals surface area contributed by atoms with E-state index in [4.69, 9.17) is 16.3 Å². The first kappa shape index (κ1) is 17.2. The zero-order chi connectivity index (χ0) is 16.8. The predicted octanol–water partition coefficient (Wildman–Crippen LogP) is 2.35. The first-order chi connectivity index (χ1) is 11.0. The van der Waals surface area contributed by atoms with Crippen LogP contribution < -0.4 is 10.1 Å². The fourth-order valence-corrected chi connectivity index (χ4v) is 2.05. The normalized spacial score (nSPS) is 11.8. The minimum absolute atomic E-state index is 0.0160. The van der Waals surface area contributed by atoms with Gasteiger partial charge in [0.2, 0.25) is 0 Å². The topological polar surface area (TPSA) is 71.5 Å². The second kappa shape index (κ2) is 7.89. The third-order valence-electron chi connectivity index (χ3n) is 3.05. The highest BCUT2D eigenvalue weighted by Gasteiger charge is 2.12. The number of amides is 1. The van der Waals surface area contributed by atoms with Crippen LogP contribution in [0, 0.1) is 12.7 Å². The first-order valence-corrected chi connectivity index (χ1v) is 7.31. The molecule has 1 heterocycles. The van der Waals surface area contributed by atoms with Crippen molar-refractivity contribution in [1.29, 1.82) is 0 Å². The minimum atomic E-state index is -0.899. The van der Waals surface area contributed by atoms with Crippen molar-refractivity contribution in [2.45, 2.75) is 13.0 Å². The minimum Gasteiger partial charge on any atom is -0.491 e. The summed E-state index contributed by atoms with van der Waals surface area (Å²) in [5, 5.41) is 12.7. The van der Waals surface area contributed by atoms with Crippen molar-refractivity contribution < 1.29 is 19.0 Å². The molecule has 1 amide bonds. The van der Waals surface area contributed by atoms with E-state index in [1.165, 1.54) is 30.3 Å². The zero-order valence-electron chi connectivity index (χ0n) is 12.4. The van der Waals surface area contributed by atoms with Gasteiger partial charge in [-0.15, -0.1) is 0 Å². The highest BCUT2D eigenvalue weighted by atomic mass is 35.5. The number of carbonyl (C=O) groups excluding carboxylic acids is 1. The maximum atomic E-state index is 12.7. The summed E-state index contributed by atoms with van der Waals surface area (Å²) in [5.74, 6) is -0.279. The number of hydrogen-bond acceptors (Lipinski definition) is 4. The number of aliphatic hydroxyl groups is 1. The van der Waals surface area contributed by atoms with Gasteiger partial charge in [-0.3, -0.25) is 4.79 Å². The number of nitrogens with one attached hydrogen (secondary N) is 1. The summed E-state index contributed by atoms with van der Waals surface area (Å²) in [6, 6.07) is 8.55. The van der Waals surface area contributed by atoms with Gasteiger partial charge in [0.25, 0.3) is 5.91 Å². The Bertz CT molecular complexity index is 680. The van der Waals surface area contributed by atoms with Gasteiger partial charge in [-0.1, -0.05) is 11.6 Å². The van der Waals surface area contributed by atoms with E-state index in [9.17, 15) is 14.3 Å². The van der Waals surface area contributed by atoms with Gasteiger partial charge in [0, 0.05) is 6.54 Å². The molecule has 122 valence electrons. The standard InChI is InChI=1S/C16H16ClFN2O3/c1-10-14(6-7-15(17)20-10)16(22)19-8-12(21)9-23-13-4-2-11(18)3-5-13/h2-7,12,21H,8-9H2,1H3,(H,19,22). The van der Waals surface area contributed by atoms with Gasteiger partial charge in [-0.25, -0.2) is 9.37 Å². The van der Waals surface area contributed by atoms with E-state index in [1.54, 1.807) is 13.0 Å².